The number of aryl methyl sites for hydroxylation is 2. The first kappa shape index (κ1) is 20.4. The molecule has 4 rings (SSSR count). The molecule has 2 aromatic rings. The van der Waals surface area contributed by atoms with Crippen molar-refractivity contribution in [3.05, 3.63) is 59.7 Å². The van der Waals surface area contributed by atoms with Gasteiger partial charge in [-0.15, -0.1) is 0 Å². The van der Waals surface area contributed by atoms with E-state index in [4.69, 9.17) is 0 Å². The number of hydrogen-bond acceptors (Lipinski definition) is 4. The maximum atomic E-state index is 13.2. The molecule has 2 atom stereocenters. The maximum absolute atomic E-state index is 13.2. The molecular weight excluding hydrogens is 402 g/mol. The van der Waals surface area contributed by atoms with Crippen LogP contribution < -0.4 is 10.2 Å². The Hall–Kier alpha value is -2.87. The van der Waals surface area contributed by atoms with Gasteiger partial charge in [0.05, 0.1) is 23.6 Å². The van der Waals surface area contributed by atoms with E-state index in [1.807, 2.05) is 56.3 Å². The lowest BCUT2D eigenvalue weighted by Crippen LogP contribution is -2.42. The summed E-state index contributed by atoms with van der Waals surface area (Å²) in [5.74, 6) is -0.556. The molecule has 2 aromatic carbocycles. The van der Waals surface area contributed by atoms with E-state index in [1.165, 1.54) is 9.80 Å². The van der Waals surface area contributed by atoms with Crippen LogP contribution in [-0.2, 0) is 21.1 Å². The number of amides is 3. The summed E-state index contributed by atoms with van der Waals surface area (Å²) >= 11 is 0. The first-order valence-corrected chi connectivity index (χ1v) is 11.9. The Morgan fingerprint density at radius 2 is 1.80 bits per heavy atom. The zero-order chi connectivity index (χ0) is 21.5. The Bertz CT molecular complexity index is 1080. The molecule has 0 saturated carbocycles. The molecular formula is C22H25N3O4S. The molecule has 0 aliphatic carbocycles. The fraction of sp³-hybridized carbons (Fsp3) is 0.364. The quantitative estimate of drug-likeness (QED) is 0.743. The van der Waals surface area contributed by atoms with Gasteiger partial charge in [0.2, 0.25) is 5.91 Å². The van der Waals surface area contributed by atoms with Crippen molar-refractivity contribution in [1.29, 1.82) is 0 Å². The van der Waals surface area contributed by atoms with E-state index in [2.05, 4.69) is 5.32 Å². The van der Waals surface area contributed by atoms with Gasteiger partial charge >= 0.3 is 6.03 Å². The van der Waals surface area contributed by atoms with Gasteiger partial charge in [-0.05, 0) is 48.7 Å². The maximum Gasteiger partial charge on any atom is 0.325 e. The van der Waals surface area contributed by atoms with Crippen LogP contribution in [0.15, 0.2) is 48.5 Å². The van der Waals surface area contributed by atoms with Crippen LogP contribution in [0.4, 0.5) is 16.2 Å². The molecule has 0 unspecified atom stereocenters. The second kappa shape index (κ2) is 7.75. The average Bonchev–Trinajstić information content (AvgIpc) is 3.12. The standard InChI is InChI=1S/C22H25N3O4S/c1-3-16-7-9-18(10-8-16)25-20-14-30(28,29)13-19(20)24(22(25)27)12-21(26)23-17-6-4-5-15(2)11-17/h4-11,19-20H,3,12-14H2,1-2H3,(H,23,26)/t19-,20+/m1/s1. The van der Waals surface area contributed by atoms with Gasteiger partial charge in [-0.25, -0.2) is 13.2 Å². The number of nitrogens with one attached hydrogen (secondary N) is 1. The number of hydrogen-bond donors (Lipinski definition) is 1. The van der Waals surface area contributed by atoms with Gasteiger partial charge < -0.3 is 10.2 Å². The fourth-order valence-electron chi connectivity index (χ4n) is 4.23. The first-order valence-electron chi connectivity index (χ1n) is 10.0. The van der Waals surface area contributed by atoms with Crippen molar-refractivity contribution in [2.45, 2.75) is 32.4 Å². The van der Waals surface area contributed by atoms with Crippen molar-refractivity contribution in [2.75, 3.05) is 28.3 Å². The minimum absolute atomic E-state index is 0.0884. The van der Waals surface area contributed by atoms with E-state index in [0.29, 0.717) is 11.4 Å². The van der Waals surface area contributed by atoms with Gasteiger partial charge in [0.15, 0.2) is 9.84 Å². The molecule has 2 fully saturated rings. The SMILES string of the molecule is CCc1ccc(N2C(=O)N(CC(=O)Nc3cccc(C)c3)[C@@H]3CS(=O)(=O)C[C@@H]32)cc1. The zero-order valence-corrected chi connectivity index (χ0v) is 17.9. The summed E-state index contributed by atoms with van der Waals surface area (Å²) in [4.78, 5) is 28.8. The van der Waals surface area contributed by atoms with Crippen molar-refractivity contribution in [2.24, 2.45) is 0 Å². The summed E-state index contributed by atoms with van der Waals surface area (Å²) in [5.41, 5.74) is 3.45. The summed E-state index contributed by atoms with van der Waals surface area (Å²) in [6.45, 7) is 3.78. The number of fused-ring (bicyclic) bond motifs is 1. The Balaban J connectivity index is 1.57. The lowest BCUT2D eigenvalue weighted by Gasteiger charge is -2.22. The third kappa shape index (κ3) is 3.92. The molecule has 2 saturated heterocycles. The van der Waals surface area contributed by atoms with Gasteiger partial charge in [0.1, 0.15) is 6.54 Å². The minimum atomic E-state index is -3.28. The van der Waals surface area contributed by atoms with E-state index in [9.17, 15) is 18.0 Å². The van der Waals surface area contributed by atoms with E-state index >= 15 is 0 Å². The van der Waals surface area contributed by atoms with E-state index in [-0.39, 0.29) is 30.0 Å². The van der Waals surface area contributed by atoms with Crippen LogP contribution in [0.3, 0.4) is 0 Å². The number of urea groups is 1. The van der Waals surface area contributed by atoms with Crippen molar-refractivity contribution in [3.8, 4) is 0 Å². The molecule has 2 heterocycles. The minimum Gasteiger partial charge on any atom is -0.325 e. The molecule has 2 aliphatic heterocycles. The third-order valence-electron chi connectivity index (χ3n) is 5.72. The highest BCUT2D eigenvalue weighted by Crippen LogP contribution is 2.35. The molecule has 8 heteroatoms. The number of carbonyl (C=O) groups excluding carboxylic acids is 2. The summed E-state index contributed by atoms with van der Waals surface area (Å²) in [6.07, 6.45) is 0.875. The molecule has 3 amide bonds. The van der Waals surface area contributed by atoms with E-state index < -0.39 is 21.9 Å². The predicted octanol–water partition coefficient (Wildman–Crippen LogP) is 2.60. The molecule has 0 aromatic heterocycles. The van der Waals surface area contributed by atoms with Crippen molar-refractivity contribution < 1.29 is 18.0 Å². The highest BCUT2D eigenvalue weighted by Gasteiger charge is 2.54. The molecule has 158 valence electrons. The number of carbonyl (C=O) groups is 2. The molecule has 0 spiro atoms. The number of benzene rings is 2. The number of sulfone groups is 1. The molecule has 0 bridgehead atoms. The monoisotopic (exact) mass is 427 g/mol. The second-order valence-electron chi connectivity index (χ2n) is 7.93. The van der Waals surface area contributed by atoms with Crippen LogP contribution >= 0.6 is 0 Å². The molecule has 30 heavy (non-hydrogen) atoms. The van der Waals surface area contributed by atoms with E-state index in [1.54, 1.807) is 6.07 Å². The normalized spacial score (nSPS) is 22.3. The summed E-state index contributed by atoms with van der Waals surface area (Å²) in [6, 6.07) is 13.6. The van der Waals surface area contributed by atoms with E-state index in [0.717, 1.165) is 17.5 Å². The third-order valence-corrected chi connectivity index (χ3v) is 7.41. The Kier molecular flexibility index (Phi) is 5.27. The molecule has 7 nitrogen and oxygen atoms in total. The van der Waals surface area contributed by atoms with Crippen LogP contribution in [0, 0.1) is 6.92 Å². The first-order chi connectivity index (χ1) is 14.3. The highest BCUT2D eigenvalue weighted by atomic mass is 32.2. The molecule has 1 N–H and O–H groups in total. The summed E-state index contributed by atoms with van der Waals surface area (Å²) < 4.78 is 24.6. The topological polar surface area (TPSA) is 86.8 Å². The highest BCUT2D eigenvalue weighted by molar-refractivity contribution is 7.91. The Morgan fingerprint density at radius 1 is 1.10 bits per heavy atom. The number of anilines is 2. The van der Waals surface area contributed by atoms with Crippen molar-refractivity contribution in [3.63, 3.8) is 0 Å². The van der Waals surface area contributed by atoms with Crippen LogP contribution in [0.25, 0.3) is 0 Å². The van der Waals surface area contributed by atoms with Gasteiger partial charge in [-0.2, -0.15) is 0 Å². The van der Waals surface area contributed by atoms with Gasteiger partial charge in [-0.1, -0.05) is 31.2 Å². The smallest absolute Gasteiger partial charge is 0.325 e. The molecule has 2 aliphatic rings. The van der Waals surface area contributed by atoms with Crippen molar-refractivity contribution >= 4 is 33.2 Å². The lowest BCUT2D eigenvalue weighted by molar-refractivity contribution is -0.116. The van der Waals surface area contributed by atoms with Crippen LogP contribution in [-0.4, -0.2) is 55.4 Å². The number of nitrogens with zero attached hydrogens (tertiary/aromatic N) is 2. The van der Waals surface area contributed by atoms with Crippen LogP contribution in [0.1, 0.15) is 18.1 Å². The second-order valence-corrected chi connectivity index (χ2v) is 10.1. The van der Waals surface area contributed by atoms with Crippen molar-refractivity contribution in [1.82, 2.24) is 4.90 Å². The van der Waals surface area contributed by atoms with Crippen LogP contribution in [0.5, 0.6) is 0 Å². The largest absolute Gasteiger partial charge is 0.325 e. The van der Waals surface area contributed by atoms with Gasteiger partial charge in [-0.3, -0.25) is 9.69 Å². The number of rotatable bonds is 5. The Morgan fingerprint density at radius 3 is 2.47 bits per heavy atom. The fourth-order valence-corrected chi connectivity index (χ4v) is 6.18. The van der Waals surface area contributed by atoms with Gasteiger partial charge in [0.25, 0.3) is 0 Å². The summed E-state index contributed by atoms with van der Waals surface area (Å²) in [7, 11) is -3.28. The lowest BCUT2D eigenvalue weighted by atomic mass is 10.1. The Labute approximate surface area is 176 Å². The molecule has 0 radical (unpaired) electrons. The summed E-state index contributed by atoms with van der Waals surface area (Å²) in [5, 5.41) is 2.80. The van der Waals surface area contributed by atoms with Crippen LogP contribution in [0.2, 0.25) is 0 Å². The van der Waals surface area contributed by atoms with Gasteiger partial charge in [0, 0.05) is 11.4 Å². The average molecular weight is 428 g/mol. The predicted molar refractivity (Wildman–Crippen MR) is 116 cm³/mol. The zero-order valence-electron chi connectivity index (χ0n) is 17.0.